The van der Waals surface area contributed by atoms with Gasteiger partial charge in [0.1, 0.15) is 10.7 Å². The van der Waals surface area contributed by atoms with E-state index in [1.54, 1.807) is 23.1 Å². The van der Waals surface area contributed by atoms with Crippen LogP contribution in [0.25, 0.3) is 0 Å². The number of morpholine rings is 1. The first kappa shape index (κ1) is 14.5. The number of thiocarbonyl (C=S) groups is 1. The molecule has 1 fully saturated rings. The van der Waals surface area contributed by atoms with Gasteiger partial charge >= 0.3 is 6.03 Å². The van der Waals surface area contributed by atoms with Crippen LogP contribution in [0, 0.1) is 0 Å². The molecule has 0 unspecified atom stereocenters. The normalized spacial score (nSPS) is 14.8. The van der Waals surface area contributed by atoms with Gasteiger partial charge in [0.05, 0.1) is 26.0 Å². The Kier molecular flexibility index (Phi) is 4.75. The van der Waals surface area contributed by atoms with Gasteiger partial charge in [0, 0.05) is 18.7 Å². The highest BCUT2D eigenvalue weighted by molar-refractivity contribution is 7.80. The van der Waals surface area contributed by atoms with Crippen LogP contribution in [0.3, 0.4) is 0 Å². The van der Waals surface area contributed by atoms with E-state index in [4.69, 9.17) is 27.4 Å². The summed E-state index contributed by atoms with van der Waals surface area (Å²) in [5.41, 5.74) is 6.85. The number of rotatable bonds is 3. The third-order valence-electron chi connectivity index (χ3n) is 3.03. The van der Waals surface area contributed by atoms with Gasteiger partial charge in [0.25, 0.3) is 0 Å². The van der Waals surface area contributed by atoms with Gasteiger partial charge in [-0.1, -0.05) is 12.2 Å². The summed E-state index contributed by atoms with van der Waals surface area (Å²) in [6.45, 7) is 2.29. The maximum absolute atomic E-state index is 12.1. The van der Waals surface area contributed by atoms with Crippen LogP contribution in [-0.4, -0.2) is 49.3 Å². The van der Waals surface area contributed by atoms with Crippen molar-refractivity contribution in [3.8, 4) is 5.75 Å². The number of hydrogen-bond donors (Lipinski definition) is 2. The lowest BCUT2D eigenvalue weighted by atomic mass is 10.2. The summed E-state index contributed by atoms with van der Waals surface area (Å²) in [5.74, 6) is 0.525. The molecule has 1 aliphatic heterocycles. The molecule has 3 N–H and O–H groups in total. The Morgan fingerprint density at radius 3 is 2.75 bits per heavy atom. The van der Waals surface area contributed by atoms with Gasteiger partial charge in [-0.15, -0.1) is 0 Å². The highest BCUT2D eigenvalue weighted by atomic mass is 32.1. The molecule has 1 aliphatic rings. The molecule has 0 spiro atoms. The average Bonchev–Trinajstić information content (AvgIpc) is 2.48. The van der Waals surface area contributed by atoms with Crippen LogP contribution < -0.4 is 15.8 Å². The van der Waals surface area contributed by atoms with Crippen LogP contribution in [-0.2, 0) is 4.74 Å². The fraction of sp³-hybridized carbons (Fsp3) is 0.385. The fourth-order valence-corrected chi connectivity index (χ4v) is 2.04. The van der Waals surface area contributed by atoms with E-state index in [9.17, 15) is 4.79 Å². The lowest BCUT2D eigenvalue weighted by Gasteiger charge is -2.27. The Balaban J connectivity index is 2.11. The van der Waals surface area contributed by atoms with Gasteiger partial charge in [-0.3, -0.25) is 0 Å². The maximum atomic E-state index is 12.1. The monoisotopic (exact) mass is 295 g/mol. The van der Waals surface area contributed by atoms with Gasteiger partial charge < -0.3 is 25.4 Å². The lowest BCUT2D eigenvalue weighted by Crippen LogP contribution is -2.43. The summed E-state index contributed by atoms with van der Waals surface area (Å²) in [5, 5.41) is 2.82. The number of methoxy groups -OCH3 is 1. The molecule has 0 atom stereocenters. The summed E-state index contributed by atoms with van der Waals surface area (Å²) >= 11 is 4.92. The molecule has 0 aliphatic carbocycles. The summed E-state index contributed by atoms with van der Waals surface area (Å²) in [6, 6.07) is 5.01. The zero-order chi connectivity index (χ0) is 14.5. The van der Waals surface area contributed by atoms with E-state index in [1.165, 1.54) is 7.11 Å². The molecule has 1 saturated heterocycles. The Morgan fingerprint density at radius 2 is 2.15 bits per heavy atom. The number of carbonyl (C=O) groups is 1. The average molecular weight is 295 g/mol. The number of carbonyl (C=O) groups excluding carboxylic acids is 1. The summed E-state index contributed by atoms with van der Waals surface area (Å²) in [6.07, 6.45) is 0. The maximum Gasteiger partial charge on any atom is 0.322 e. The van der Waals surface area contributed by atoms with E-state index in [0.717, 1.165) is 0 Å². The minimum absolute atomic E-state index is 0.172. The summed E-state index contributed by atoms with van der Waals surface area (Å²) < 4.78 is 10.5. The van der Waals surface area contributed by atoms with E-state index in [-0.39, 0.29) is 11.0 Å². The number of ether oxygens (including phenoxy) is 2. The summed E-state index contributed by atoms with van der Waals surface area (Å²) in [7, 11) is 1.53. The second-order valence-electron chi connectivity index (χ2n) is 4.31. The van der Waals surface area contributed by atoms with Crippen molar-refractivity contribution in [1.82, 2.24) is 4.90 Å². The number of nitrogens with one attached hydrogen (secondary N) is 1. The first-order valence-corrected chi connectivity index (χ1v) is 6.64. The molecule has 7 heteroatoms. The number of benzene rings is 1. The topological polar surface area (TPSA) is 76.8 Å². The molecule has 2 amide bonds. The Labute approximate surface area is 122 Å². The van der Waals surface area contributed by atoms with Crippen molar-refractivity contribution in [1.29, 1.82) is 0 Å². The van der Waals surface area contributed by atoms with Crippen LogP contribution in [0.15, 0.2) is 18.2 Å². The van der Waals surface area contributed by atoms with E-state index in [1.807, 2.05) is 0 Å². The van der Waals surface area contributed by atoms with Crippen LogP contribution in [0.1, 0.15) is 5.56 Å². The number of amides is 2. The second kappa shape index (κ2) is 6.53. The molecule has 6 nitrogen and oxygen atoms in total. The zero-order valence-corrected chi connectivity index (χ0v) is 12.0. The standard InChI is InChI=1S/C13H17N3O3S/c1-18-11-8-9(12(14)20)2-3-10(11)15-13(17)16-4-6-19-7-5-16/h2-3,8H,4-7H2,1H3,(H2,14,20)(H,15,17). The highest BCUT2D eigenvalue weighted by Gasteiger charge is 2.18. The molecular formula is C13H17N3O3S. The predicted molar refractivity (Wildman–Crippen MR) is 80.3 cm³/mol. The predicted octanol–water partition coefficient (Wildman–Crippen LogP) is 1.19. The smallest absolute Gasteiger partial charge is 0.322 e. The number of nitrogens with two attached hydrogens (primary N) is 1. The van der Waals surface area contributed by atoms with Crippen LogP contribution >= 0.6 is 12.2 Å². The van der Waals surface area contributed by atoms with Crippen LogP contribution in [0.5, 0.6) is 5.75 Å². The molecule has 0 aromatic heterocycles. The zero-order valence-electron chi connectivity index (χ0n) is 11.2. The fourth-order valence-electron chi connectivity index (χ4n) is 1.91. The number of hydrogen-bond acceptors (Lipinski definition) is 4. The van der Waals surface area contributed by atoms with E-state index in [2.05, 4.69) is 5.32 Å². The SMILES string of the molecule is COc1cc(C(N)=S)ccc1NC(=O)N1CCOCC1. The first-order valence-electron chi connectivity index (χ1n) is 6.23. The Bertz CT molecular complexity index is 516. The number of urea groups is 1. The molecule has 108 valence electrons. The lowest BCUT2D eigenvalue weighted by molar-refractivity contribution is 0.0564. The van der Waals surface area contributed by atoms with E-state index >= 15 is 0 Å². The van der Waals surface area contributed by atoms with Crippen molar-refractivity contribution in [3.63, 3.8) is 0 Å². The molecule has 20 heavy (non-hydrogen) atoms. The van der Waals surface area contributed by atoms with Gasteiger partial charge in [-0.2, -0.15) is 0 Å². The number of anilines is 1. The van der Waals surface area contributed by atoms with Crippen molar-refractivity contribution in [2.45, 2.75) is 0 Å². The van der Waals surface area contributed by atoms with Crippen LogP contribution in [0.2, 0.25) is 0 Å². The third-order valence-corrected chi connectivity index (χ3v) is 3.26. The van der Waals surface area contributed by atoms with Crippen molar-refractivity contribution < 1.29 is 14.3 Å². The molecule has 0 saturated carbocycles. The van der Waals surface area contributed by atoms with Gasteiger partial charge in [-0.05, 0) is 18.2 Å². The highest BCUT2D eigenvalue weighted by Crippen LogP contribution is 2.26. The summed E-state index contributed by atoms with van der Waals surface area (Å²) in [4.78, 5) is 14.1. The van der Waals surface area contributed by atoms with Gasteiger partial charge in [-0.25, -0.2) is 4.79 Å². The van der Waals surface area contributed by atoms with Crippen LogP contribution in [0.4, 0.5) is 10.5 Å². The first-order chi connectivity index (χ1) is 9.61. The van der Waals surface area contributed by atoms with E-state index in [0.29, 0.717) is 43.3 Å². The van der Waals surface area contributed by atoms with Crippen molar-refractivity contribution in [2.24, 2.45) is 5.73 Å². The second-order valence-corrected chi connectivity index (χ2v) is 4.75. The van der Waals surface area contributed by atoms with Crippen molar-refractivity contribution in [2.75, 3.05) is 38.7 Å². The van der Waals surface area contributed by atoms with E-state index < -0.39 is 0 Å². The Hall–Kier alpha value is -1.86. The molecule has 0 bridgehead atoms. The third kappa shape index (κ3) is 3.37. The number of nitrogens with zero attached hydrogens (tertiary/aromatic N) is 1. The molecule has 1 heterocycles. The molecular weight excluding hydrogens is 278 g/mol. The van der Waals surface area contributed by atoms with Gasteiger partial charge in [0.2, 0.25) is 0 Å². The van der Waals surface area contributed by atoms with Gasteiger partial charge in [0.15, 0.2) is 0 Å². The molecule has 0 radical (unpaired) electrons. The van der Waals surface area contributed by atoms with Crippen molar-refractivity contribution >= 4 is 28.9 Å². The minimum atomic E-state index is -0.172. The van der Waals surface area contributed by atoms with Crippen molar-refractivity contribution in [3.05, 3.63) is 23.8 Å². The molecule has 1 aromatic rings. The minimum Gasteiger partial charge on any atom is -0.495 e. The molecule has 2 rings (SSSR count). The quantitative estimate of drug-likeness (QED) is 0.819. The largest absolute Gasteiger partial charge is 0.495 e. The Morgan fingerprint density at radius 1 is 1.45 bits per heavy atom. The molecule has 1 aromatic carbocycles.